The van der Waals surface area contributed by atoms with E-state index in [0.717, 1.165) is 16.6 Å². The van der Waals surface area contributed by atoms with Crippen molar-refractivity contribution in [3.8, 4) is 0 Å². The van der Waals surface area contributed by atoms with Gasteiger partial charge in [0, 0.05) is 0 Å². The number of halogens is 1. The van der Waals surface area contributed by atoms with Crippen molar-refractivity contribution in [2.75, 3.05) is 0 Å². The average Bonchev–Trinajstić information content (AvgIpc) is 3.04. The van der Waals surface area contributed by atoms with Gasteiger partial charge in [0.15, 0.2) is 0 Å². The molecule has 0 fully saturated rings. The van der Waals surface area contributed by atoms with Crippen molar-refractivity contribution in [1.29, 1.82) is 0 Å². The Bertz CT molecular complexity index is 653. The van der Waals surface area contributed by atoms with E-state index in [2.05, 4.69) is 0 Å². The monoisotopic (exact) mass is 286 g/mol. The lowest BCUT2D eigenvalue weighted by Crippen LogP contribution is -2.27. The number of fused-ring (bicyclic) bond motifs is 2. The van der Waals surface area contributed by atoms with Gasteiger partial charge in [-0.25, -0.2) is 4.39 Å². The van der Waals surface area contributed by atoms with E-state index in [0.29, 0.717) is 18.7 Å². The van der Waals surface area contributed by atoms with Gasteiger partial charge in [0.05, 0.1) is 13.2 Å². The Morgan fingerprint density at radius 2 is 1.48 bits per heavy atom. The van der Waals surface area contributed by atoms with Crippen LogP contribution in [0.25, 0.3) is 0 Å². The predicted octanol–water partition coefficient (Wildman–Crippen LogP) is -0.0523. The third-order valence-corrected chi connectivity index (χ3v) is 3.49. The van der Waals surface area contributed by atoms with Crippen LogP contribution in [0, 0.1) is 5.82 Å². The first-order valence-corrected chi connectivity index (χ1v) is 6.60. The van der Waals surface area contributed by atoms with Gasteiger partial charge in [-0.05, 0) is 34.2 Å². The van der Waals surface area contributed by atoms with Crippen LogP contribution in [0.5, 0.6) is 0 Å². The second-order valence-corrected chi connectivity index (χ2v) is 4.87. The highest BCUT2D eigenvalue weighted by Crippen LogP contribution is 2.10. The van der Waals surface area contributed by atoms with Crippen molar-refractivity contribution in [2.24, 2.45) is 0 Å². The molecule has 2 aromatic rings. The van der Waals surface area contributed by atoms with Crippen molar-refractivity contribution in [3.63, 3.8) is 0 Å². The highest BCUT2D eigenvalue weighted by molar-refractivity contribution is 6.61. The summed E-state index contributed by atoms with van der Waals surface area (Å²) in [5.74, 6) is -0.290. The molecule has 0 saturated heterocycles. The summed E-state index contributed by atoms with van der Waals surface area (Å²) in [5.41, 5.74) is 3.40. The Labute approximate surface area is 122 Å². The van der Waals surface area contributed by atoms with Crippen molar-refractivity contribution in [2.45, 2.75) is 13.2 Å². The molecule has 2 aliphatic heterocycles. The minimum atomic E-state index is -0.870. The summed E-state index contributed by atoms with van der Waals surface area (Å²) < 4.78 is 22.4. The first kappa shape index (κ1) is 14.3. The van der Waals surface area contributed by atoms with Gasteiger partial charge < -0.3 is 19.4 Å². The molecule has 0 saturated carbocycles. The molecular weight excluding hydrogens is 273 g/mol. The van der Waals surface area contributed by atoms with Gasteiger partial charge in [-0.2, -0.15) is 0 Å². The van der Waals surface area contributed by atoms with E-state index in [4.69, 9.17) is 19.4 Å². The Balaban J connectivity index is 0.000000126. The molecule has 106 valence electrons. The molecule has 4 nitrogen and oxygen atoms in total. The van der Waals surface area contributed by atoms with Gasteiger partial charge in [-0.1, -0.05) is 30.3 Å². The molecule has 0 spiro atoms. The number of rotatable bonds is 0. The zero-order valence-corrected chi connectivity index (χ0v) is 11.2. The summed E-state index contributed by atoms with van der Waals surface area (Å²) >= 11 is 0. The third-order valence-electron chi connectivity index (χ3n) is 3.49. The van der Waals surface area contributed by atoms with Gasteiger partial charge in [0.1, 0.15) is 5.82 Å². The maximum absolute atomic E-state index is 12.6. The third kappa shape index (κ3) is 3.01. The molecule has 2 aromatic carbocycles. The molecular formula is C14H13B2FO4. The van der Waals surface area contributed by atoms with Crippen molar-refractivity contribution >= 4 is 25.2 Å². The van der Waals surface area contributed by atoms with Crippen LogP contribution in [-0.2, 0) is 22.5 Å². The topological polar surface area (TPSA) is 58.9 Å². The minimum absolute atomic E-state index is 0.290. The summed E-state index contributed by atoms with van der Waals surface area (Å²) in [6.45, 7) is 0.839. The van der Waals surface area contributed by atoms with E-state index in [9.17, 15) is 4.39 Å². The molecule has 0 aromatic heterocycles. The van der Waals surface area contributed by atoms with Crippen LogP contribution in [0.1, 0.15) is 11.1 Å². The lowest BCUT2D eigenvalue weighted by molar-refractivity contribution is 0.275. The highest BCUT2D eigenvalue weighted by atomic mass is 19.1. The Morgan fingerprint density at radius 1 is 0.857 bits per heavy atom. The fourth-order valence-corrected chi connectivity index (χ4v) is 2.36. The molecule has 21 heavy (non-hydrogen) atoms. The second kappa shape index (κ2) is 5.99. The molecule has 0 bridgehead atoms. The van der Waals surface area contributed by atoms with Crippen LogP contribution >= 0.6 is 0 Å². The largest absolute Gasteiger partial charge is 0.491 e. The lowest BCUT2D eigenvalue weighted by Gasteiger charge is -1.95. The van der Waals surface area contributed by atoms with E-state index in [-0.39, 0.29) is 5.82 Å². The summed E-state index contributed by atoms with van der Waals surface area (Å²) in [6.07, 6.45) is 0. The molecule has 2 N–H and O–H groups in total. The predicted molar refractivity (Wildman–Crippen MR) is 77.6 cm³/mol. The fourth-order valence-electron chi connectivity index (χ4n) is 2.36. The second-order valence-electron chi connectivity index (χ2n) is 4.87. The average molecular weight is 286 g/mol. The van der Waals surface area contributed by atoms with Crippen LogP contribution in [0.2, 0.25) is 0 Å². The van der Waals surface area contributed by atoms with Crippen molar-refractivity contribution in [3.05, 3.63) is 59.4 Å². The highest BCUT2D eigenvalue weighted by Gasteiger charge is 2.27. The van der Waals surface area contributed by atoms with Crippen molar-refractivity contribution < 1.29 is 23.7 Å². The summed E-state index contributed by atoms with van der Waals surface area (Å²) in [7, 11) is -1.57. The standard InChI is InChI=1S/C7H6BFO2.C7H7BO2/c9-6-1-2-7-5(3-6)4-11-8(7)10;9-8-7-4-2-1-3-6(7)5-10-8/h1-3,10H,4H2;1-4,9H,5H2. The van der Waals surface area contributed by atoms with E-state index in [1.165, 1.54) is 12.1 Å². The van der Waals surface area contributed by atoms with Crippen molar-refractivity contribution in [1.82, 2.24) is 0 Å². The molecule has 2 heterocycles. The quantitative estimate of drug-likeness (QED) is 0.667. The Kier molecular flexibility index (Phi) is 4.07. The first-order valence-electron chi connectivity index (χ1n) is 6.60. The van der Waals surface area contributed by atoms with Gasteiger partial charge >= 0.3 is 14.2 Å². The van der Waals surface area contributed by atoms with Crippen LogP contribution in [0.15, 0.2) is 42.5 Å². The van der Waals surface area contributed by atoms with E-state index < -0.39 is 14.2 Å². The van der Waals surface area contributed by atoms with Gasteiger partial charge in [0.25, 0.3) is 0 Å². The Morgan fingerprint density at radius 3 is 2.19 bits per heavy atom. The Hall–Kier alpha value is -1.66. The molecule has 0 radical (unpaired) electrons. The molecule has 0 unspecified atom stereocenters. The van der Waals surface area contributed by atoms with E-state index in [1.54, 1.807) is 6.07 Å². The van der Waals surface area contributed by atoms with Crippen LogP contribution in [0.3, 0.4) is 0 Å². The van der Waals surface area contributed by atoms with Crippen LogP contribution < -0.4 is 10.9 Å². The minimum Gasteiger partial charge on any atom is -0.423 e. The van der Waals surface area contributed by atoms with Crippen LogP contribution in [-0.4, -0.2) is 24.3 Å². The number of benzene rings is 2. The molecule has 2 aliphatic rings. The van der Waals surface area contributed by atoms with E-state index in [1.807, 2.05) is 24.3 Å². The molecule has 0 atom stereocenters. The molecule has 7 heteroatoms. The zero-order chi connectivity index (χ0) is 14.8. The SMILES string of the molecule is OB1OCc2cc(F)ccc21.OB1OCc2ccccc21. The lowest BCUT2D eigenvalue weighted by atomic mass is 9.80. The maximum Gasteiger partial charge on any atom is 0.491 e. The van der Waals surface area contributed by atoms with Gasteiger partial charge in [-0.15, -0.1) is 0 Å². The molecule has 0 aliphatic carbocycles. The fraction of sp³-hybridized carbons (Fsp3) is 0.143. The van der Waals surface area contributed by atoms with E-state index >= 15 is 0 Å². The smallest absolute Gasteiger partial charge is 0.423 e. The molecule has 0 amide bonds. The maximum atomic E-state index is 12.6. The number of hydrogen-bond acceptors (Lipinski definition) is 4. The normalized spacial score (nSPS) is 15.4. The number of hydrogen-bond donors (Lipinski definition) is 2. The zero-order valence-electron chi connectivity index (χ0n) is 11.2. The summed E-state index contributed by atoms with van der Waals surface area (Å²) in [4.78, 5) is 0. The van der Waals surface area contributed by atoms with Gasteiger partial charge in [0.2, 0.25) is 0 Å². The van der Waals surface area contributed by atoms with Crippen LogP contribution in [0.4, 0.5) is 4.39 Å². The van der Waals surface area contributed by atoms with Gasteiger partial charge in [-0.3, -0.25) is 0 Å². The first-order chi connectivity index (χ1) is 10.1. The summed E-state index contributed by atoms with van der Waals surface area (Å²) in [6, 6.07) is 11.9. The summed E-state index contributed by atoms with van der Waals surface area (Å²) in [5, 5.41) is 18.3. The molecule has 4 rings (SSSR count).